The summed E-state index contributed by atoms with van der Waals surface area (Å²) in [5.41, 5.74) is 7.49. The van der Waals surface area contributed by atoms with Gasteiger partial charge in [-0.05, 0) is 48.9 Å². The molecule has 1 saturated carbocycles. The highest BCUT2D eigenvalue weighted by molar-refractivity contribution is 5.92. The number of carbonyl (C=O) groups excluding carboxylic acids is 1. The minimum atomic E-state index is -0.296. The quantitative estimate of drug-likeness (QED) is 0.674. The predicted octanol–water partition coefficient (Wildman–Crippen LogP) is 3.28. The number of pyridine rings is 1. The van der Waals surface area contributed by atoms with Crippen molar-refractivity contribution in [2.45, 2.75) is 19.8 Å². The Hall–Kier alpha value is -2.36. The van der Waals surface area contributed by atoms with Gasteiger partial charge in [0.05, 0.1) is 16.6 Å². The molecule has 1 heterocycles. The van der Waals surface area contributed by atoms with Crippen LogP contribution in [-0.2, 0) is 4.79 Å². The zero-order valence-corrected chi connectivity index (χ0v) is 12.5. The van der Waals surface area contributed by atoms with Crippen molar-refractivity contribution in [1.29, 1.82) is 0 Å². The van der Waals surface area contributed by atoms with Gasteiger partial charge in [0.25, 0.3) is 0 Å². The van der Waals surface area contributed by atoms with Crippen molar-refractivity contribution in [3.63, 3.8) is 0 Å². The molecule has 4 nitrogen and oxygen atoms in total. The van der Waals surface area contributed by atoms with E-state index < -0.39 is 0 Å². The van der Waals surface area contributed by atoms with Crippen LogP contribution in [0.2, 0.25) is 0 Å². The molecule has 4 rings (SSSR count). The Morgan fingerprint density at radius 1 is 1.27 bits per heavy atom. The first-order valence-electron chi connectivity index (χ1n) is 7.75. The van der Waals surface area contributed by atoms with Crippen molar-refractivity contribution >= 4 is 22.5 Å². The van der Waals surface area contributed by atoms with E-state index in [0.29, 0.717) is 11.8 Å². The Balaban J connectivity index is 1.53. The van der Waals surface area contributed by atoms with E-state index in [1.807, 2.05) is 30.3 Å². The Morgan fingerprint density at radius 3 is 2.95 bits per heavy atom. The van der Waals surface area contributed by atoms with Crippen LogP contribution in [0.4, 0.5) is 5.69 Å². The first-order valence-corrected chi connectivity index (χ1v) is 7.75. The maximum atomic E-state index is 12.6. The molecule has 112 valence electrons. The van der Waals surface area contributed by atoms with Crippen LogP contribution in [0, 0.1) is 17.3 Å². The summed E-state index contributed by atoms with van der Waals surface area (Å²) in [6, 6.07) is 9.75. The van der Waals surface area contributed by atoms with Gasteiger partial charge in [-0.3, -0.25) is 20.6 Å². The summed E-state index contributed by atoms with van der Waals surface area (Å²) in [5, 5.41) is 1.00. The molecule has 2 N–H and O–H groups in total. The molecule has 0 aliphatic heterocycles. The smallest absolute Gasteiger partial charge is 0.244 e. The Kier molecular flexibility index (Phi) is 2.93. The normalized spacial score (nSPS) is 29.0. The molecule has 22 heavy (non-hydrogen) atoms. The fourth-order valence-corrected chi connectivity index (χ4v) is 3.83. The summed E-state index contributed by atoms with van der Waals surface area (Å²) in [5.74, 6) is 1.02. The van der Waals surface area contributed by atoms with Gasteiger partial charge in [0.15, 0.2) is 0 Å². The third-order valence-corrected chi connectivity index (χ3v) is 5.15. The van der Waals surface area contributed by atoms with E-state index in [-0.39, 0.29) is 11.3 Å². The van der Waals surface area contributed by atoms with Gasteiger partial charge in [-0.25, -0.2) is 0 Å². The number of nitrogens with one attached hydrogen (secondary N) is 2. The summed E-state index contributed by atoms with van der Waals surface area (Å²) in [4.78, 5) is 17.0. The third kappa shape index (κ3) is 1.98. The lowest BCUT2D eigenvalue weighted by Crippen LogP contribution is -2.44. The number of carbonyl (C=O) groups is 1. The predicted molar refractivity (Wildman–Crippen MR) is 87.0 cm³/mol. The van der Waals surface area contributed by atoms with Gasteiger partial charge in [-0.15, -0.1) is 0 Å². The SMILES string of the molecule is CC1(C(=O)NNc2cccc3ncccc23)C[C@@H]2C=C[C@H]1C2. The second kappa shape index (κ2) is 4.83. The van der Waals surface area contributed by atoms with Crippen molar-refractivity contribution in [3.8, 4) is 0 Å². The van der Waals surface area contributed by atoms with Crippen LogP contribution in [0.3, 0.4) is 0 Å². The van der Waals surface area contributed by atoms with Crippen LogP contribution < -0.4 is 10.9 Å². The Labute approximate surface area is 129 Å². The minimum Gasteiger partial charge on any atom is -0.298 e. The van der Waals surface area contributed by atoms with E-state index in [9.17, 15) is 4.79 Å². The number of hydrazine groups is 1. The molecular weight excluding hydrogens is 274 g/mol. The molecule has 1 aromatic heterocycles. The van der Waals surface area contributed by atoms with Gasteiger partial charge in [0.2, 0.25) is 5.91 Å². The van der Waals surface area contributed by atoms with Crippen LogP contribution in [0.1, 0.15) is 19.8 Å². The molecule has 1 fully saturated rings. The molecule has 2 aromatic rings. The van der Waals surface area contributed by atoms with E-state index in [0.717, 1.165) is 29.4 Å². The highest BCUT2D eigenvalue weighted by Gasteiger charge is 2.49. The molecule has 2 bridgehead atoms. The lowest BCUT2D eigenvalue weighted by Gasteiger charge is -2.30. The highest BCUT2D eigenvalue weighted by atomic mass is 16.2. The number of allylic oxidation sites excluding steroid dienone is 2. The molecule has 0 spiro atoms. The zero-order valence-electron chi connectivity index (χ0n) is 12.5. The van der Waals surface area contributed by atoms with Gasteiger partial charge in [-0.1, -0.05) is 25.1 Å². The maximum absolute atomic E-state index is 12.6. The number of nitrogens with zero attached hydrogens (tertiary/aromatic N) is 1. The summed E-state index contributed by atoms with van der Waals surface area (Å²) in [6.07, 6.45) is 8.29. The number of amides is 1. The van der Waals surface area contributed by atoms with Gasteiger partial charge < -0.3 is 0 Å². The Bertz CT molecular complexity index is 765. The number of fused-ring (bicyclic) bond motifs is 3. The lowest BCUT2D eigenvalue weighted by atomic mass is 9.77. The number of hydrogen-bond donors (Lipinski definition) is 2. The number of rotatable bonds is 3. The van der Waals surface area contributed by atoms with Crippen LogP contribution in [0.15, 0.2) is 48.7 Å². The standard InChI is InChI=1S/C18H19N3O/c1-18(11-12-7-8-13(18)10-12)17(22)21-20-16-6-2-5-15-14(16)4-3-9-19-15/h2-9,12-13,20H,10-11H2,1H3,(H,21,22)/t12-,13+,18?/m1/s1. The second-order valence-electron chi connectivity index (χ2n) is 6.56. The first kappa shape index (κ1) is 13.3. The molecule has 2 aliphatic carbocycles. The number of benzene rings is 1. The van der Waals surface area contributed by atoms with Gasteiger partial charge in [0, 0.05) is 11.6 Å². The fourth-order valence-electron chi connectivity index (χ4n) is 3.83. The zero-order chi connectivity index (χ0) is 15.2. The van der Waals surface area contributed by atoms with Crippen molar-refractivity contribution in [2.75, 3.05) is 5.43 Å². The van der Waals surface area contributed by atoms with E-state index in [1.165, 1.54) is 0 Å². The van der Waals surface area contributed by atoms with Crippen molar-refractivity contribution in [1.82, 2.24) is 10.4 Å². The largest absolute Gasteiger partial charge is 0.298 e. The summed E-state index contributed by atoms with van der Waals surface area (Å²) < 4.78 is 0. The van der Waals surface area contributed by atoms with Crippen LogP contribution in [-0.4, -0.2) is 10.9 Å². The topological polar surface area (TPSA) is 54.0 Å². The molecule has 3 atom stereocenters. The molecule has 4 heteroatoms. The lowest BCUT2D eigenvalue weighted by molar-refractivity contribution is -0.130. The third-order valence-electron chi connectivity index (χ3n) is 5.15. The van der Waals surface area contributed by atoms with E-state index in [4.69, 9.17) is 0 Å². The average molecular weight is 293 g/mol. The molecule has 1 aromatic carbocycles. The molecule has 0 saturated heterocycles. The molecule has 2 aliphatic rings. The van der Waals surface area contributed by atoms with Gasteiger partial charge in [0.1, 0.15) is 0 Å². The van der Waals surface area contributed by atoms with Crippen LogP contribution in [0.5, 0.6) is 0 Å². The number of aromatic nitrogens is 1. The number of anilines is 1. The minimum absolute atomic E-state index is 0.0743. The van der Waals surface area contributed by atoms with Gasteiger partial charge >= 0.3 is 0 Å². The van der Waals surface area contributed by atoms with Crippen LogP contribution >= 0.6 is 0 Å². The molecule has 1 unspecified atom stereocenters. The van der Waals surface area contributed by atoms with E-state index in [1.54, 1.807) is 6.20 Å². The number of hydrogen-bond acceptors (Lipinski definition) is 3. The summed E-state index contributed by atoms with van der Waals surface area (Å²) >= 11 is 0. The summed E-state index contributed by atoms with van der Waals surface area (Å²) in [7, 11) is 0. The van der Waals surface area contributed by atoms with E-state index in [2.05, 4.69) is 34.9 Å². The monoisotopic (exact) mass is 293 g/mol. The first-order chi connectivity index (χ1) is 10.7. The van der Waals surface area contributed by atoms with Crippen LogP contribution in [0.25, 0.3) is 10.9 Å². The Morgan fingerprint density at radius 2 is 2.18 bits per heavy atom. The maximum Gasteiger partial charge on any atom is 0.244 e. The second-order valence-corrected chi connectivity index (χ2v) is 6.56. The summed E-state index contributed by atoms with van der Waals surface area (Å²) in [6.45, 7) is 2.07. The molecular formula is C18H19N3O. The van der Waals surface area contributed by atoms with Gasteiger partial charge in [-0.2, -0.15) is 0 Å². The highest BCUT2D eigenvalue weighted by Crippen LogP contribution is 2.51. The van der Waals surface area contributed by atoms with Crippen molar-refractivity contribution < 1.29 is 4.79 Å². The fraction of sp³-hybridized carbons (Fsp3) is 0.333. The molecule has 0 radical (unpaired) electrons. The van der Waals surface area contributed by atoms with Crippen molar-refractivity contribution in [3.05, 3.63) is 48.7 Å². The average Bonchev–Trinajstić information content (AvgIpc) is 3.13. The van der Waals surface area contributed by atoms with E-state index >= 15 is 0 Å². The van der Waals surface area contributed by atoms with Crippen molar-refractivity contribution in [2.24, 2.45) is 17.3 Å². The molecule has 1 amide bonds.